The van der Waals surface area contributed by atoms with E-state index in [1.807, 2.05) is 38.7 Å². The Balaban J connectivity index is 0.000000428. The summed E-state index contributed by atoms with van der Waals surface area (Å²) < 4.78 is 2.03. The normalized spacial score (nSPS) is 10.0. The topological polar surface area (TPSA) is 17.8 Å². The van der Waals surface area contributed by atoms with E-state index in [1.54, 1.807) is 0 Å². The molecule has 3 rings (SSSR count). The number of aromatic nitrogens is 2. The van der Waals surface area contributed by atoms with Gasteiger partial charge < -0.3 is 4.57 Å². The van der Waals surface area contributed by atoms with Gasteiger partial charge in [0.2, 0.25) is 0 Å². The summed E-state index contributed by atoms with van der Waals surface area (Å²) in [5.74, 6) is 0. The van der Waals surface area contributed by atoms with Crippen LogP contribution in [0.2, 0.25) is 0 Å². The summed E-state index contributed by atoms with van der Waals surface area (Å²) in [5.41, 5.74) is 7.65. The highest BCUT2D eigenvalue weighted by molar-refractivity contribution is 7.84. The van der Waals surface area contributed by atoms with Crippen LogP contribution in [-0.4, -0.2) is 9.55 Å². The number of nitrogens with zero attached hydrogens (tertiary/aromatic N) is 2. The van der Waals surface area contributed by atoms with Crippen LogP contribution in [0.25, 0.3) is 16.6 Å². The summed E-state index contributed by atoms with van der Waals surface area (Å²) >= 11 is 3.77. The zero-order valence-corrected chi connectivity index (χ0v) is 20.3. The molecule has 3 heteroatoms. The Kier molecular flexibility index (Phi) is 13.6. The molecule has 0 fully saturated rings. The van der Waals surface area contributed by atoms with Crippen molar-refractivity contribution in [1.29, 1.82) is 0 Å². The SMILES string of the molecule is C/C=C(\C)c1cccc(CC)c1.C=C(C)S.CC.Cc1cccc2c1ncn2C. The number of para-hydroxylation sites is 1. The summed E-state index contributed by atoms with van der Waals surface area (Å²) in [7, 11) is 2.01. The third kappa shape index (κ3) is 9.67. The van der Waals surface area contributed by atoms with Gasteiger partial charge >= 0.3 is 0 Å². The lowest BCUT2D eigenvalue weighted by Gasteiger charge is -2.02. The average molecular weight is 411 g/mol. The Hall–Kier alpha value is -2.26. The number of hydrogen-bond acceptors (Lipinski definition) is 2. The van der Waals surface area contributed by atoms with Gasteiger partial charge in [-0.05, 0) is 67.4 Å². The van der Waals surface area contributed by atoms with E-state index in [4.69, 9.17) is 0 Å². The van der Waals surface area contributed by atoms with E-state index >= 15 is 0 Å². The van der Waals surface area contributed by atoms with E-state index in [1.165, 1.54) is 27.8 Å². The van der Waals surface area contributed by atoms with Crippen molar-refractivity contribution >= 4 is 29.2 Å². The average Bonchev–Trinajstić information content (AvgIpc) is 3.11. The standard InChI is InChI=1S/C12H16.C9H10N2.C3H6S.C2H6/c1-4-10(3)12-8-6-7-11(5-2)9-12;1-7-4-3-5-8-9(7)10-6-11(8)2;1-3(2)4;1-2/h4,6-9H,5H2,1-3H3;3-6H,1-2H3;4H,1H2,2H3;1-2H3/b10-4+;;;. The molecule has 0 atom stereocenters. The van der Waals surface area contributed by atoms with Gasteiger partial charge in [0.15, 0.2) is 0 Å². The molecule has 29 heavy (non-hydrogen) atoms. The van der Waals surface area contributed by atoms with Crippen molar-refractivity contribution < 1.29 is 0 Å². The van der Waals surface area contributed by atoms with Crippen LogP contribution in [0.1, 0.15) is 58.2 Å². The van der Waals surface area contributed by atoms with Gasteiger partial charge in [-0.25, -0.2) is 4.98 Å². The number of allylic oxidation sites excluding steroid dienone is 3. The first-order valence-corrected chi connectivity index (χ1v) is 10.7. The van der Waals surface area contributed by atoms with E-state index in [-0.39, 0.29) is 0 Å². The van der Waals surface area contributed by atoms with Crippen LogP contribution >= 0.6 is 12.6 Å². The minimum absolute atomic E-state index is 0.861. The Morgan fingerprint density at radius 3 is 2.24 bits per heavy atom. The molecule has 3 aromatic rings. The van der Waals surface area contributed by atoms with E-state index in [0.29, 0.717) is 0 Å². The molecule has 158 valence electrons. The highest BCUT2D eigenvalue weighted by Gasteiger charge is 1.99. The largest absolute Gasteiger partial charge is 0.334 e. The molecule has 1 aromatic heterocycles. The predicted octanol–water partition coefficient (Wildman–Crippen LogP) is 8.03. The number of aryl methyl sites for hydroxylation is 3. The van der Waals surface area contributed by atoms with Crippen LogP contribution in [-0.2, 0) is 13.5 Å². The maximum atomic E-state index is 4.28. The molecule has 0 radical (unpaired) electrons. The predicted molar refractivity (Wildman–Crippen MR) is 136 cm³/mol. The van der Waals surface area contributed by atoms with Gasteiger partial charge in [-0.15, -0.1) is 12.6 Å². The van der Waals surface area contributed by atoms with Gasteiger partial charge in [0.25, 0.3) is 0 Å². The summed E-state index contributed by atoms with van der Waals surface area (Å²) in [6.45, 7) is 17.7. The van der Waals surface area contributed by atoms with Crippen LogP contribution in [0.3, 0.4) is 0 Å². The number of imidazole rings is 1. The molecule has 0 spiro atoms. The van der Waals surface area contributed by atoms with Gasteiger partial charge in [-0.2, -0.15) is 0 Å². The third-order valence-electron chi connectivity index (χ3n) is 4.18. The minimum atomic E-state index is 0.861. The second-order valence-electron chi connectivity index (χ2n) is 6.56. The number of hydrogen-bond donors (Lipinski definition) is 1. The fraction of sp³-hybridized carbons (Fsp3) is 0.346. The van der Waals surface area contributed by atoms with E-state index < -0.39 is 0 Å². The smallest absolute Gasteiger partial charge is 0.0955 e. The molecule has 0 unspecified atom stereocenters. The molecular weight excluding hydrogens is 372 g/mol. The van der Waals surface area contributed by atoms with Crippen molar-refractivity contribution in [3.8, 4) is 0 Å². The molecule has 0 N–H and O–H groups in total. The van der Waals surface area contributed by atoms with Crippen LogP contribution in [0.5, 0.6) is 0 Å². The van der Waals surface area contributed by atoms with E-state index in [9.17, 15) is 0 Å². The summed E-state index contributed by atoms with van der Waals surface area (Å²) in [4.78, 5) is 5.14. The molecular formula is C26H38N2S. The first-order valence-electron chi connectivity index (χ1n) is 10.2. The highest BCUT2D eigenvalue weighted by atomic mass is 32.1. The Morgan fingerprint density at radius 1 is 1.14 bits per heavy atom. The van der Waals surface area contributed by atoms with Crippen molar-refractivity contribution in [3.05, 3.63) is 83.0 Å². The molecule has 0 aliphatic heterocycles. The van der Waals surface area contributed by atoms with Gasteiger partial charge in [-0.3, -0.25) is 0 Å². The fourth-order valence-corrected chi connectivity index (χ4v) is 2.51. The second-order valence-corrected chi connectivity index (χ2v) is 7.32. The molecule has 0 aliphatic rings. The Morgan fingerprint density at radius 2 is 1.72 bits per heavy atom. The van der Waals surface area contributed by atoms with Crippen molar-refractivity contribution in [3.63, 3.8) is 0 Å². The van der Waals surface area contributed by atoms with Gasteiger partial charge in [-0.1, -0.05) is 69.8 Å². The molecule has 0 saturated heterocycles. The van der Waals surface area contributed by atoms with Gasteiger partial charge in [0.05, 0.1) is 17.4 Å². The van der Waals surface area contributed by atoms with E-state index in [0.717, 1.165) is 16.8 Å². The number of thiol groups is 1. The zero-order chi connectivity index (χ0) is 22.4. The van der Waals surface area contributed by atoms with Crippen LogP contribution in [0.4, 0.5) is 0 Å². The number of fused-ring (bicyclic) bond motifs is 1. The quantitative estimate of drug-likeness (QED) is 0.423. The molecule has 0 bridgehead atoms. The van der Waals surface area contributed by atoms with Crippen LogP contribution in [0.15, 0.2) is 66.4 Å². The monoisotopic (exact) mass is 410 g/mol. The lowest BCUT2D eigenvalue weighted by molar-refractivity contribution is 0.948. The van der Waals surface area contributed by atoms with Crippen LogP contribution in [0, 0.1) is 6.92 Å². The summed E-state index contributed by atoms with van der Waals surface area (Å²) in [5, 5.41) is 0. The zero-order valence-electron chi connectivity index (χ0n) is 19.5. The Labute approximate surface area is 183 Å². The van der Waals surface area contributed by atoms with Gasteiger partial charge in [0.1, 0.15) is 0 Å². The number of benzene rings is 2. The molecule has 0 amide bonds. The molecule has 1 heterocycles. The summed E-state index contributed by atoms with van der Waals surface area (Å²) in [6, 6.07) is 14.9. The Bertz CT molecular complexity index is 900. The van der Waals surface area contributed by atoms with Gasteiger partial charge in [0, 0.05) is 7.05 Å². The lowest BCUT2D eigenvalue weighted by atomic mass is 10.0. The second kappa shape index (κ2) is 14.7. The molecule has 0 saturated carbocycles. The number of rotatable bonds is 2. The fourth-order valence-electron chi connectivity index (χ4n) is 2.51. The first-order chi connectivity index (χ1) is 13.8. The lowest BCUT2D eigenvalue weighted by Crippen LogP contribution is -1.83. The van der Waals surface area contributed by atoms with Crippen LogP contribution < -0.4 is 0 Å². The molecule has 0 aliphatic carbocycles. The minimum Gasteiger partial charge on any atom is -0.334 e. The maximum absolute atomic E-state index is 4.28. The first kappa shape index (κ1) is 26.7. The van der Waals surface area contributed by atoms with Crippen molar-refractivity contribution in [2.45, 2.75) is 54.9 Å². The molecule has 2 nitrogen and oxygen atoms in total. The third-order valence-corrected chi connectivity index (χ3v) is 4.18. The highest BCUT2D eigenvalue weighted by Crippen LogP contribution is 2.15. The van der Waals surface area contributed by atoms with Crippen molar-refractivity contribution in [2.24, 2.45) is 7.05 Å². The van der Waals surface area contributed by atoms with Crippen molar-refractivity contribution in [2.75, 3.05) is 0 Å². The summed E-state index contributed by atoms with van der Waals surface area (Å²) in [6.07, 6.45) is 5.11. The maximum Gasteiger partial charge on any atom is 0.0955 e. The molecule has 2 aromatic carbocycles. The van der Waals surface area contributed by atoms with E-state index in [2.05, 4.69) is 100 Å². The van der Waals surface area contributed by atoms with Crippen molar-refractivity contribution in [1.82, 2.24) is 9.55 Å².